The van der Waals surface area contributed by atoms with Crippen LogP contribution in [0.15, 0.2) is 53.4 Å². The normalized spacial score (nSPS) is 14.8. The molecule has 0 spiro atoms. The molecule has 3 rings (SSSR count). The van der Waals surface area contributed by atoms with Crippen molar-refractivity contribution in [2.45, 2.75) is 37.0 Å². The zero-order chi connectivity index (χ0) is 18.4. The van der Waals surface area contributed by atoms with E-state index in [9.17, 15) is 9.59 Å². The van der Waals surface area contributed by atoms with Gasteiger partial charge in [0.25, 0.3) is 0 Å². The van der Waals surface area contributed by atoms with E-state index in [1.165, 1.54) is 18.2 Å². The fourth-order valence-electron chi connectivity index (χ4n) is 3.14. The second kappa shape index (κ2) is 9.24. The van der Waals surface area contributed by atoms with Crippen molar-refractivity contribution in [2.24, 2.45) is 5.92 Å². The van der Waals surface area contributed by atoms with Gasteiger partial charge in [-0.3, -0.25) is 9.59 Å². The van der Waals surface area contributed by atoms with Gasteiger partial charge in [0.1, 0.15) is 0 Å². The van der Waals surface area contributed by atoms with Gasteiger partial charge in [0.2, 0.25) is 5.91 Å². The number of hydrogen-bond donors (Lipinski definition) is 1. The summed E-state index contributed by atoms with van der Waals surface area (Å²) in [5, 5.41) is 3.65. The summed E-state index contributed by atoms with van der Waals surface area (Å²) in [7, 11) is 0. The van der Waals surface area contributed by atoms with E-state index in [-0.39, 0.29) is 17.6 Å². The number of halogens is 1. The first-order valence-corrected chi connectivity index (χ1v) is 10.3. The van der Waals surface area contributed by atoms with Crippen LogP contribution >= 0.6 is 23.4 Å². The van der Waals surface area contributed by atoms with Crippen LogP contribution in [-0.2, 0) is 4.79 Å². The number of hydrogen-bond acceptors (Lipinski definition) is 3. The van der Waals surface area contributed by atoms with Crippen molar-refractivity contribution in [1.29, 1.82) is 0 Å². The summed E-state index contributed by atoms with van der Waals surface area (Å²) >= 11 is 7.32. The Hall–Kier alpha value is -1.78. The number of Topliss-reactive ketones (excluding diaryl/α,β-unsaturated/α-hetero) is 1. The minimum Gasteiger partial charge on any atom is -0.326 e. The van der Waals surface area contributed by atoms with Gasteiger partial charge in [0.15, 0.2) is 5.78 Å². The van der Waals surface area contributed by atoms with Gasteiger partial charge in [-0.25, -0.2) is 0 Å². The molecule has 2 aromatic rings. The summed E-state index contributed by atoms with van der Waals surface area (Å²) in [5.74, 6) is 0.653. The average Bonchev–Trinajstić information content (AvgIpc) is 2.67. The monoisotopic (exact) mass is 387 g/mol. The largest absolute Gasteiger partial charge is 0.326 e. The van der Waals surface area contributed by atoms with Crippen molar-refractivity contribution in [3.05, 3.63) is 59.1 Å². The molecular weight excluding hydrogens is 366 g/mol. The highest BCUT2D eigenvalue weighted by atomic mass is 35.5. The number of thioether (sulfide) groups is 1. The number of rotatable bonds is 6. The van der Waals surface area contributed by atoms with E-state index in [1.807, 2.05) is 24.3 Å². The van der Waals surface area contributed by atoms with Crippen LogP contribution in [0, 0.1) is 5.92 Å². The Morgan fingerprint density at radius 2 is 1.77 bits per heavy atom. The smallest absolute Gasteiger partial charge is 0.227 e. The number of anilines is 1. The third-order valence-corrected chi connectivity index (χ3v) is 5.86. The minimum absolute atomic E-state index is 0.0586. The summed E-state index contributed by atoms with van der Waals surface area (Å²) in [6.45, 7) is 0. The zero-order valence-corrected chi connectivity index (χ0v) is 16.1. The number of carbonyl (C=O) groups excluding carboxylic acids is 2. The van der Waals surface area contributed by atoms with E-state index in [0.29, 0.717) is 16.3 Å². The molecule has 0 bridgehead atoms. The Morgan fingerprint density at radius 1 is 1.04 bits per heavy atom. The number of amides is 1. The van der Waals surface area contributed by atoms with Crippen LogP contribution in [0.3, 0.4) is 0 Å². The number of carbonyl (C=O) groups is 2. The van der Waals surface area contributed by atoms with E-state index in [1.54, 1.807) is 24.3 Å². The summed E-state index contributed by atoms with van der Waals surface area (Å²) in [6.07, 6.45) is 5.48. The molecule has 1 aliphatic rings. The van der Waals surface area contributed by atoms with Crippen molar-refractivity contribution in [3.63, 3.8) is 0 Å². The number of ketones is 1. The molecule has 0 heterocycles. The van der Waals surface area contributed by atoms with Crippen LogP contribution in [0.25, 0.3) is 0 Å². The van der Waals surface area contributed by atoms with Crippen molar-refractivity contribution in [1.82, 2.24) is 0 Å². The molecule has 26 heavy (non-hydrogen) atoms. The van der Waals surface area contributed by atoms with Crippen LogP contribution in [0.4, 0.5) is 5.69 Å². The summed E-state index contributed by atoms with van der Waals surface area (Å²) in [5.41, 5.74) is 1.45. The first kappa shape index (κ1) is 19.0. The van der Waals surface area contributed by atoms with Crippen LogP contribution in [-0.4, -0.2) is 17.4 Å². The van der Waals surface area contributed by atoms with Crippen LogP contribution < -0.4 is 5.32 Å². The first-order valence-electron chi connectivity index (χ1n) is 8.94. The van der Waals surface area contributed by atoms with Crippen molar-refractivity contribution in [3.8, 4) is 0 Å². The fourth-order valence-corrected chi connectivity index (χ4v) is 4.12. The van der Waals surface area contributed by atoms with E-state index >= 15 is 0 Å². The van der Waals surface area contributed by atoms with Gasteiger partial charge in [0.05, 0.1) is 5.75 Å². The molecule has 3 nitrogen and oxygen atoms in total. The molecule has 136 valence electrons. The van der Waals surface area contributed by atoms with Gasteiger partial charge in [-0.15, -0.1) is 11.8 Å². The predicted molar refractivity (Wildman–Crippen MR) is 108 cm³/mol. The number of nitrogens with one attached hydrogen (secondary N) is 1. The summed E-state index contributed by atoms with van der Waals surface area (Å²) in [6, 6.07) is 14.6. The van der Waals surface area contributed by atoms with Crippen LogP contribution in [0.2, 0.25) is 5.02 Å². The van der Waals surface area contributed by atoms with Gasteiger partial charge in [-0.1, -0.05) is 36.9 Å². The van der Waals surface area contributed by atoms with E-state index in [2.05, 4.69) is 5.32 Å². The third kappa shape index (κ3) is 5.36. The fraction of sp³-hybridized carbons (Fsp3) is 0.333. The molecule has 0 unspecified atom stereocenters. The minimum atomic E-state index is 0.0586. The molecule has 1 aliphatic carbocycles. The second-order valence-electron chi connectivity index (χ2n) is 6.57. The molecule has 5 heteroatoms. The van der Waals surface area contributed by atoms with Gasteiger partial charge in [-0.2, -0.15) is 0 Å². The van der Waals surface area contributed by atoms with Crippen molar-refractivity contribution in [2.75, 3.05) is 11.1 Å². The highest BCUT2D eigenvalue weighted by Gasteiger charge is 2.21. The predicted octanol–water partition coefficient (Wildman–Crippen LogP) is 5.83. The van der Waals surface area contributed by atoms with E-state index in [4.69, 9.17) is 11.6 Å². The third-order valence-electron chi connectivity index (χ3n) is 4.61. The molecule has 1 saturated carbocycles. The zero-order valence-electron chi connectivity index (χ0n) is 14.5. The van der Waals surface area contributed by atoms with E-state index in [0.717, 1.165) is 36.3 Å². The SMILES string of the molecule is O=C(CSc1cccc(NC(=O)C2CCCCC2)c1)c1ccc(Cl)cc1. The van der Waals surface area contributed by atoms with Crippen LogP contribution in [0.5, 0.6) is 0 Å². The van der Waals surface area contributed by atoms with Gasteiger partial charge < -0.3 is 5.32 Å². The highest BCUT2D eigenvalue weighted by Crippen LogP contribution is 2.27. The quantitative estimate of drug-likeness (QED) is 0.500. The molecule has 0 aromatic heterocycles. The van der Waals surface area contributed by atoms with E-state index < -0.39 is 0 Å². The lowest BCUT2D eigenvalue weighted by atomic mass is 9.88. The standard InChI is InChI=1S/C21H22ClNO2S/c22-17-11-9-15(10-12-17)20(24)14-26-19-8-4-7-18(13-19)23-21(25)16-5-2-1-3-6-16/h4,7-13,16H,1-3,5-6,14H2,(H,23,25). The lowest BCUT2D eigenvalue weighted by Crippen LogP contribution is -2.24. The Labute approximate surface area is 163 Å². The lowest BCUT2D eigenvalue weighted by Gasteiger charge is -2.20. The summed E-state index contributed by atoms with van der Waals surface area (Å²) in [4.78, 5) is 25.6. The van der Waals surface area contributed by atoms with Gasteiger partial charge in [0, 0.05) is 27.1 Å². The average molecular weight is 388 g/mol. The topological polar surface area (TPSA) is 46.2 Å². The highest BCUT2D eigenvalue weighted by molar-refractivity contribution is 8.00. The summed E-state index contributed by atoms with van der Waals surface area (Å²) < 4.78 is 0. The number of benzene rings is 2. The molecule has 0 atom stereocenters. The Morgan fingerprint density at radius 3 is 2.50 bits per heavy atom. The first-order chi connectivity index (χ1) is 12.6. The maximum Gasteiger partial charge on any atom is 0.227 e. The second-order valence-corrected chi connectivity index (χ2v) is 8.06. The van der Waals surface area contributed by atoms with Gasteiger partial charge in [-0.05, 0) is 55.3 Å². The van der Waals surface area contributed by atoms with Crippen molar-refractivity contribution < 1.29 is 9.59 Å². The molecule has 0 radical (unpaired) electrons. The maximum atomic E-state index is 12.4. The molecule has 0 saturated heterocycles. The molecule has 1 N–H and O–H groups in total. The Balaban J connectivity index is 1.56. The molecule has 2 aromatic carbocycles. The van der Waals surface area contributed by atoms with Crippen LogP contribution in [0.1, 0.15) is 42.5 Å². The lowest BCUT2D eigenvalue weighted by molar-refractivity contribution is -0.120. The van der Waals surface area contributed by atoms with Gasteiger partial charge >= 0.3 is 0 Å². The molecule has 1 amide bonds. The maximum absolute atomic E-state index is 12.4. The molecular formula is C21H22ClNO2S. The Kier molecular flexibility index (Phi) is 6.75. The molecule has 0 aliphatic heterocycles. The Bertz CT molecular complexity index is 770. The molecule has 1 fully saturated rings. The van der Waals surface area contributed by atoms with Crippen molar-refractivity contribution >= 4 is 40.7 Å².